The Morgan fingerprint density at radius 2 is 1.23 bits per heavy atom. The molecule has 3 heteroatoms. The molecule has 1 aliphatic heterocycles. The van der Waals surface area contributed by atoms with Gasteiger partial charge in [0.2, 0.25) is 0 Å². The van der Waals surface area contributed by atoms with Gasteiger partial charge < -0.3 is 14.8 Å². The second-order valence-electron chi connectivity index (χ2n) is 5.52. The summed E-state index contributed by atoms with van der Waals surface area (Å²) in [4.78, 5) is 0. The Morgan fingerprint density at radius 1 is 0.773 bits per heavy atom. The van der Waals surface area contributed by atoms with Crippen LogP contribution in [0.15, 0.2) is 12.1 Å². The van der Waals surface area contributed by atoms with Gasteiger partial charge in [0.25, 0.3) is 0 Å². The summed E-state index contributed by atoms with van der Waals surface area (Å²) in [6, 6.07) is 4.13. The highest BCUT2D eigenvalue weighted by Gasteiger charge is 2.13. The van der Waals surface area contributed by atoms with Crippen molar-refractivity contribution in [2.75, 3.05) is 20.8 Å². The lowest BCUT2D eigenvalue weighted by molar-refractivity contribution is 0.353. The summed E-state index contributed by atoms with van der Waals surface area (Å²) in [5.41, 5.74) is 2.68. The van der Waals surface area contributed by atoms with Crippen molar-refractivity contribution in [1.29, 1.82) is 0 Å². The molecule has 1 aromatic carbocycles. The first-order valence-corrected chi connectivity index (χ1v) is 8.79. The second kappa shape index (κ2) is 11.4. The molecular formula is C19H33NO2. The maximum absolute atomic E-state index is 5.26. The summed E-state index contributed by atoms with van der Waals surface area (Å²) in [7, 11) is 3.34. The minimum atomic E-state index is 0.815. The number of hydrogen-bond donors (Lipinski definition) is 1. The number of methoxy groups -OCH3 is 2. The zero-order valence-corrected chi connectivity index (χ0v) is 14.8. The third kappa shape index (κ3) is 5.88. The van der Waals surface area contributed by atoms with Crippen molar-refractivity contribution in [1.82, 2.24) is 5.32 Å². The summed E-state index contributed by atoms with van der Waals surface area (Å²) in [6.07, 6.45) is 10.1. The second-order valence-corrected chi connectivity index (χ2v) is 5.52. The predicted molar refractivity (Wildman–Crippen MR) is 94.0 cm³/mol. The van der Waals surface area contributed by atoms with Crippen LogP contribution in [0.2, 0.25) is 0 Å². The summed E-state index contributed by atoms with van der Waals surface area (Å²) in [5.74, 6) is 1.64. The number of ether oxygens (including phenoxy) is 2. The first-order chi connectivity index (χ1) is 10.8. The highest BCUT2D eigenvalue weighted by molar-refractivity contribution is 5.48. The lowest BCUT2D eigenvalue weighted by atomic mass is 10.0. The lowest BCUT2D eigenvalue weighted by Gasteiger charge is -2.19. The molecular weight excluding hydrogens is 274 g/mol. The fourth-order valence-corrected chi connectivity index (χ4v) is 2.87. The number of fused-ring (bicyclic) bond motifs is 1. The van der Waals surface area contributed by atoms with Crippen LogP contribution in [0.3, 0.4) is 0 Å². The molecule has 0 amide bonds. The molecule has 0 spiro atoms. The van der Waals surface area contributed by atoms with E-state index in [0.717, 1.165) is 31.0 Å². The molecule has 3 rings (SSSR count). The topological polar surface area (TPSA) is 30.5 Å². The van der Waals surface area contributed by atoms with E-state index < -0.39 is 0 Å². The molecule has 126 valence electrons. The van der Waals surface area contributed by atoms with Crippen molar-refractivity contribution in [2.45, 2.75) is 65.3 Å². The third-order valence-electron chi connectivity index (χ3n) is 4.09. The van der Waals surface area contributed by atoms with Crippen LogP contribution in [-0.2, 0) is 13.0 Å². The first kappa shape index (κ1) is 18.8. The third-order valence-corrected chi connectivity index (χ3v) is 4.09. The van der Waals surface area contributed by atoms with Crippen LogP contribution in [0.25, 0.3) is 0 Å². The zero-order valence-electron chi connectivity index (χ0n) is 14.8. The Hall–Kier alpha value is -1.22. The van der Waals surface area contributed by atoms with Crippen LogP contribution < -0.4 is 14.8 Å². The molecule has 3 nitrogen and oxygen atoms in total. The van der Waals surface area contributed by atoms with E-state index in [1.54, 1.807) is 14.2 Å². The van der Waals surface area contributed by atoms with Crippen LogP contribution in [0.4, 0.5) is 0 Å². The van der Waals surface area contributed by atoms with E-state index in [9.17, 15) is 0 Å². The van der Waals surface area contributed by atoms with E-state index in [0.29, 0.717) is 0 Å². The van der Waals surface area contributed by atoms with Gasteiger partial charge in [0.15, 0.2) is 11.5 Å². The van der Waals surface area contributed by atoms with Gasteiger partial charge in [-0.2, -0.15) is 0 Å². The van der Waals surface area contributed by atoms with Crippen LogP contribution >= 0.6 is 0 Å². The van der Waals surface area contributed by atoms with Crippen LogP contribution in [0, 0.1) is 0 Å². The van der Waals surface area contributed by atoms with Gasteiger partial charge in [-0.3, -0.25) is 0 Å². The van der Waals surface area contributed by atoms with Crippen molar-refractivity contribution in [3.8, 4) is 11.5 Å². The normalized spacial score (nSPS) is 16.2. The quantitative estimate of drug-likeness (QED) is 0.858. The van der Waals surface area contributed by atoms with Crippen molar-refractivity contribution in [3.05, 3.63) is 23.3 Å². The number of nitrogens with one attached hydrogen (secondary N) is 1. The summed E-state index contributed by atoms with van der Waals surface area (Å²) < 4.78 is 10.5. The molecule has 0 bridgehead atoms. The summed E-state index contributed by atoms with van der Waals surface area (Å²) >= 11 is 0. The van der Waals surface area contributed by atoms with E-state index in [1.165, 1.54) is 49.7 Å². The van der Waals surface area contributed by atoms with Crippen molar-refractivity contribution < 1.29 is 9.47 Å². The smallest absolute Gasteiger partial charge is 0.161 e. The molecule has 0 atom stereocenters. The Bertz CT molecular complexity index is 358. The van der Waals surface area contributed by atoms with Gasteiger partial charge in [-0.05, 0) is 36.2 Å². The van der Waals surface area contributed by atoms with E-state index in [-0.39, 0.29) is 0 Å². The minimum absolute atomic E-state index is 0.815. The number of hydrogen-bond acceptors (Lipinski definition) is 3. The van der Waals surface area contributed by atoms with Gasteiger partial charge in [0.05, 0.1) is 14.2 Å². The molecule has 1 heterocycles. The van der Waals surface area contributed by atoms with Gasteiger partial charge in [0, 0.05) is 6.54 Å². The van der Waals surface area contributed by atoms with Gasteiger partial charge in [-0.25, -0.2) is 0 Å². The zero-order chi connectivity index (χ0) is 16.2. The average Bonchev–Trinajstić information content (AvgIpc) is 2.64. The molecule has 1 aromatic rings. The standard InChI is InChI=1S/C11H15NO2.C6H12.C2H6/c1-13-10-5-8-3-4-12-7-9(8)6-11(10)14-2;1-2-4-6-5-3-1;1-2/h5-6,12H,3-4,7H2,1-2H3;1-6H2;1-2H3. The van der Waals surface area contributed by atoms with E-state index in [4.69, 9.17) is 9.47 Å². The van der Waals surface area contributed by atoms with Crippen LogP contribution in [0.1, 0.15) is 63.5 Å². The molecule has 0 aromatic heterocycles. The molecule has 1 fully saturated rings. The summed E-state index contributed by atoms with van der Waals surface area (Å²) in [6.45, 7) is 5.97. The summed E-state index contributed by atoms with van der Waals surface area (Å²) in [5, 5.41) is 3.33. The minimum Gasteiger partial charge on any atom is -0.493 e. The highest BCUT2D eigenvalue weighted by atomic mass is 16.5. The van der Waals surface area contributed by atoms with Gasteiger partial charge in [0.1, 0.15) is 0 Å². The molecule has 0 radical (unpaired) electrons. The van der Waals surface area contributed by atoms with Crippen molar-refractivity contribution in [2.24, 2.45) is 0 Å². The average molecular weight is 307 g/mol. The monoisotopic (exact) mass is 307 g/mol. The predicted octanol–water partition coefficient (Wildman–Crippen LogP) is 4.72. The largest absolute Gasteiger partial charge is 0.493 e. The number of benzene rings is 1. The SMILES string of the molecule is C1CCCCC1.CC.COc1cc2c(cc1OC)CNCC2. The fourth-order valence-electron chi connectivity index (χ4n) is 2.87. The lowest BCUT2D eigenvalue weighted by Crippen LogP contribution is -2.23. The van der Waals surface area contributed by atoms with E-state index in [1.807, 2.05) is 13.8 Å². The maximum atomic E-state index is 5.26. The Morgan fingerprint density at radius 3 is 1.68 bits per heavy atom. The van der Waals surface area contributed by atoms with Gasteiger partial charge >= 0.3 is 0 Å². The highest BCUT2D eigenvalue weighted by Crippen LogP contribution is 2.31. The van der Waals surface area contributed by atoms with E-state index in [2.05, 4.69) is 17.4 Å². The molecule has 1 saturated carbocycles. The van der Waals surface area contributed by atoms with Crippen LogP contribution in [0.5, 0.6) is 11.5 Å². The Labute approximate surface area is 136 Å². The molecule has 2 aliphatic rings. The molecule has 22 heavy (non-hydrogen) atoms. The van der Waals surface area contributed by atoms with E-state index >= 15 is 0 Å². The molecule has 0 unspecified atom stereocenters. The Kier molecular flexibility index (Phi) is 9.72. The molecule has 0 saturated heterocycles. The molecule has 1 N–H and O–H groups in total. The van der Waals surface area contributed by atoms with Crippen molar-refractivity contribution in [3.63, 3.8) is 0 Å². The maximum Gasteiger partial charge on any atom is 0.161 e. The molecule has 1 aliphatic carbocycles. The first-order valence-electron chi connectivity index (χ1n) is 8.79. The van der Waals surface area contributed by atoms with Gasteiger partial charge in [-0.1, -0.05) is 52.4 Å². The fraction of sp³-hybridized carbons (Fsp3) is 0.684. The van der Waals surface area contributed by atoms with Gasteiger partial charge in [-0.15, -0.1) is 0 Å². The van der Waals surface area contributed by atoms with Crippen molar-refractivity contribution >= 4 is 0 Å². The number of rotatable bonds is 2. The van der Waals surface area contributed by atoms with Crippen LogP contribution in [-0.4, -0.2) is 20.8 Å². The Balaban J connectivity index is 0.000000253.